The molecule has 1 aromatic carbocycles. The van der Waals surface area contributed by atoms with Gasteiger partial charge in [0.1, 0.15) is 5.01 Å². The number of nitrogens with zero attached hydrogens (tertiary/aromatic N) is 1. The topological polar surface area (TPSA) is 38.9 Å². The molecule has 0 aliphatic heterocycles. The number of hydrogen-bond acceptors (Lipinski definition) is 3. The fraction of sp³-hybridized carbons (Fsp3) is 0.250. The first kappa shape index (κ1) is 13.0. The molecule has 18 heavy (non-hydrogen) atoms. The van der Waals surface area contributed by atoms with E-state index in [9.17, 15) is 13.2 Å². The normalized spacial score (nSPS) is 12.8. The van der Waals surface area contributed by atoms with E-state index in [-0.39, 0.29) is 11.6 Å². The molecule has 2 nitrogen and oxygen atoms in total. The largest absolute Gasteiger partial charge is 0.323 e. The van der Waals surface area contributed by atoms with Crippen molar-refractivity contribution in [3.8, 4) is 10.6 Å². The van der Waals surface area contributed by atoms with Crippen LogP contribution in [0.3, 0.4) is 0 Å². The van der Waals surface area contributed by atoms with Gasteiger partial charge in [-0.15, -0.1) is 11.3 Å². The molecule has 0 fully saturated rings. The van der Waals surface area contributed by atoms with Gasteiger partial charge >= 0.3 is 0 Å². The first-order chi connectivity index (χ1) is 8.41. The van der Waals surface area contributed by atoms with Gasteiger partial charge in [0, 0.05) is 16.5 Å². The fourth-order valence-corrected chi connectivity index (χ4v) is 2.67. The number of aromatic nitrogens is 1. The number of thiazole rings is 1. The average Bonchev–Trinajstić information content (AvgIpc) is 2.68. The molecule has 6 heteroatoms. The second kappa shape index (κ2) is 4.70. The summed E-state index contributed by atoms with van der Waals surface area (Å²) in [5, 5.41) is 0.302. The van der Waals surface area contributed by atoms with Gasteiger partial charge in [-0.2, -0.15) is 0 Å². The lowest BCUT2D eigenvalue weighted by Gasteiger charge is -2.01. The smallest absolute Gasteiger partial charge is 0.195 e. The van der Waals surface area contributed by atoms with Gasteiger partial charge in [0.15, 0.2) is 17.5 Å². The van der Waals surface area contributed by atoms with Crippen molar-refractivity contribution in [2.75, 3.05) is 0 Å². The maximum absolute atomic E-state index is 13.6. The maximum Gasteiger partial charge on any atom is 0.195 e. The van der Waals surface area contributed by atoms with Crippen molar-refractivity contribution in [3.05, 3.63) is 40.2 Å². The van der Waals surface area contributed by atoms with E-state index >= 15 is 0 Å². The van der Waals surface area contributed by atoms with Gasteiger partial charge in [-0.25, -0.2) is 18.2 Å². The minimum Gasteiger partial charge on any atom is -0.323 e. The van der Waals surface area contributed by atoms with E-state index in [2.05, 4.69) is 4.98 Å². The predicted molar refractivity (Wildman–Crippen MR) is 64.8 cm³/mol. The first-order valence-electron chi connectivity index (χ1n) is 5.28. The number of benzene rings is 1. The zero-order valence-corrected chi connectivity index (χ0v) is 10.6. The Hall–Kier alpha value is -1.40. The molecular weight excluding hydrogens is 261 g/mol. The van der Waals surface area contributed by atoms with E-state index in [1.807, 2.05) is 0 Å². The minimum absolute atomic E-state index is 0.0473. The van der Waals surface area contributed by atoms with E-state index in [1.165, 1.54) is 17.4 Å². The van der Waals surface area contributed by atoms with E-state index in [0.29, 0.717) is 10.7 Å². The fourth-order valence-electron chi connectivity index (χ4n) is 1.64. The van der Waals surface area contributed by atoms with Crippen LogP contribution in [0.5, 0.6) is 0 Å². The molecule has 0 aliphatic rings. The van der Waals surface area contributed by atoms with Crippen LogP contribution in [0.4, 0.5) is 13.2 Å². The van der Waals surface area contributed by atoms with Crippen LogP contribution in [0.1, 0.15) is 23.5 Å². The summed E-state index contributed by atoms with van der Waals surface area (Å²) in [5.41, 5.74) is 6.37. The third-order valence-corrected chi connectivity index (χ3v) is 3.90. The molecule has 2 N–H and O–H groups in total. The molecule has 0 aliphatic carbocycles. The molecule has 0 bridgehead atoms. The Balaban J connectivity index is 2.56. The highest BCUT2D eigenvalue weighted by Gasteiger charge is 2.19. The SMILES string of the molecule is Cc1nc(-c2ccc(F)c(F)c2F)sc1C(C)N. The molecule has 1 unspecified atom stereocenters. The van der Waals surface area contributed by atoms with Gasteiger partial charge in [0.05, 0.1) is 5.69 Å². The minimum atomic E-state index is -1.48. The molecule has 0 amide bonds. The van der Waals surface area contributed by atoms with E-state index in [4.69, 9.17) is 5.73 Å². The third kappa shape index (κ3) is 2.13. The quantitative estimate of drug-likeness (QED) is 0.849. The number of nitrogens with two attached hydrogens (primary N) is 1. The zero-order chi connectivity index (χ0) is 13.4. The lowest BCUT2D eigenvalue weighted by atomic mass is 10.2. The Bertz CT molecular complexity index is 593. The van der Waals surface area contributed by atoms with Crippen molar-refractivity contribution < 1.29 is 13.2 Å². The molecule has 2 aromatic rings. The van der Waals surface area contributed by atoms with Crippen LogP contribution in [0.25, 0.3) is 10.6 Å². The van der Waals surface area contributed by atoms with Crippen molar-refractivity contribution in [1.29, 1.82) is 0 Å². The van der Waals surface area contributed by atoms with E-state index < -0.39 is 17.5 Å². The number of rotatable bonds is 2. The van der Waals surface area contributed by atoms with Gasteiger partial charge in [-0.3, -0.25) is 0 Å². The molecule has 0 saturated heterocycles. The molecule has 1 heterocycles. The third-order valence-electron chi connectivity index (χ3n) is 2.51. The van der Waals surface area contributed by atoms with Gasteiger partial charge < -0.3 is 5.73 Å². The van der Waals surface area contributed by atoms with E-state index in [0.717, 1.165) is 10.9 Å². The molecule has 1 atom stereocenters. The maximum atomic E-state index is 13.6. The van der Waals surface area contributed by atoms with Crippen molar-refractivity contribution in [2.24, 2.45) is 5.73 Å². The van der Waals surface area contributed by atoms with Crippen LogP contribution in [0.2, 0.25) is 0 Å². The molecular formula is C12H11F3N2S. The number of halogens is 3. The van der Waals surface area contributed by atoms with Crippen LogP contribution >= 0.6 is 11.3 Å². The van der Waals surface area contributed by atoms with Crippen LogP contribution < -0.4 is 5.73 Å². The molecule has 0 saturated carbocycles. The van der Waals surface area contributed by atoms with Crippen LogP contribution in [0, 0.1) is 24.4 Å². The summed E-state index contributed by atoms with van der Waals surface area (Å²) in [6.45, 7) is 3.53. The first-order valence-corrected chi connectivity index (χ1v) is 6.10. The summed E-state index contributed by atoms with van der Waals surface area (Å²) < 4.78 is 39.6. The van der Waals surface area contributed by atoms with Crippen molar-refractivity contribution in [1.82, 2.24) is 4.98 Å². The predicted octanol–water partition coefficient (Wildman–Crippen LogP) is 3.56. The Morgan fingerprint density at radius 2 is 1.89 bits per heavy atom. The molecule has 2 rings (SSSR count). The van der Waals surface area contributed by atoms with Gasteiger partial charge in [0.2, 0.25) is 0 Å². The standard InChI is InChI=1S/C12H11F3N2S/c1-5(16)11-6(2)17-12(18-11)7-3-4-8(13)10(15)9(7)14/h3-5H,16H2,1-2H3. The Morgan fingerprint density at radius 3 is 2.44 bits per heavy atom. The molecule has 1 aromatic heterocycles. The summed E-state index contributed by atoms with van der Waals surface area (Å²) >= 11 is 1.18. The van der Waals surface area contributed by atoms with Crippen molar-refractivity contribution in [3.63, 3.8) is 0 Å². The van der Waals surface area contributed by atoms with Gasteiger partial charge in [0.25, 0.3) is 0 Å². The monoisotopic (exact) mass is 272 g/mol. The Labute approximate surface area is 106 Å². The zero-order valence-electron chi connectivity index (χ0n) is 9.80. The Morgan fingerprint density at radius 1 is 1.22 bits per heavy atom. The van der Waals surface area contributed by atoms with Crippen LogP contribution in [0.15, 0.2) is 12.1 Å². The number of hydrogen-bond donors (Lipinski definition) is 1. The lowest BCUT2D eigenvalue weighted by Crippen LogP contribution is -2.03. The molecule has 0 radical (unpaired) electrons. The average molecular weight is 272 g/mol. The highest BCUT2D eigenvalue weighted by atomic mass is 32.1. The summed E-state index contributed by atoms with van der Waals surface area (Å²) in [5.74, 6) is -3.92. The summed E-state index contributed by atoms with van der Waals surface area (Å²) in [6, 6.07) is 1.83. The summed E-state index contributed by atoms with van der Waals surface area (Å²) in [6.07, 6.45) is 0. The van der Waals surface area contributed by atoms with E-state index in [1.54, 1.807) is 13.8 Å². The molecule has 0 spiro atoms. The highest BCUT2D eigenvalue weighted by Crippen LogP contribution is 2.33. The van der Waals surface area contributed by atoms with Crippen molar-refractivity contribution in [2.45, 2.75) is 19.9 Å². The van der Waals surface area contributed by atoms with Crippen molar-refractivity contribution >= 4 is 11.3 Å². The van der Waals surface area contributed by atoms with Gasteiger partial charge in [-0.05, 0) is 26.0 Å². The highest BCUT2D eigenvalue weighted by molar-refractivity contribution is 7.15. The summed E-state index contributed by atoms with van der Waals surface area (Å²) in [7, 11) is 0. The Kier molecular flexibility index (Phi) is 3.41. The molecule has 96 valence electrons. The van der Waals surface area contributed by atoms with Gasteiger partial charge in [-0.1, -0.05) is 0 Å². The summed E-state index contributed by atoms with van der Waals surface area (Å²) in [4.78, 5) is 4.94. The lowest BCUT2D eigenvalue weighted by molar-refractivity contribution is 0.449. The second-order valence-electron chi connectivity index (χ2n) is 3.98. The second-order valence-corrected chi connectivity index (χ2v) is 5.01. The van der Waals surface area contributed by atoms with Crippen LogP contribution in [-0.4, -0.2) is 4.98 Å². The van der Waals surface area contributed by atoms with Crippen LogP contribution in [-0.2, 0) is 0 Å². The number of aryl methyl sites for hydroxylation is 1.